The first-order valence-electron chi connectivity index (χ1n) is 8.92. The van der Waals surface area contributed by atoms with Gasteiger partial charge in [-0.05, 0) is 23.8 Å². The molecule has 26 heavy (non-hydrogen) atoms. The van der Waals surface area contributed by atoms with Gasteiger partial charge in [-0.2, -0.15) is 0 Å². The molecule has 2 aliphatic heterocycles. The number of allylic oxidation sites excluding steroid dienone is 1. The van der Waals surface area contributed by atoms with Crippen LogP contribution in [-0.4, -0.2) is 35.7 Å². The molecule has 2 bridgehead atoms. The Kier molecular flexibility index (Phi) is 4.09. The number of carboxylic acid groups (broad SMARTS) is 1. The van der Waals surface area contributed by atoms with Crippen molar-refractivity contribution < 1.29 is 29.0 Å². The van der Waals surface area contributed by atoms with Gasteiger partial charge in [0.05, 0.1) is 19.4 Å². The quantitative estimate of drug-likeness (QED) is 0.611. The van der Waals surface area contributed by atoms with E-state index in [2.05, 4.69) is 6.58 Å². The molecule has 0 unspecified atom stereocenters. The van der Waals surface area contributed by atoms with E-state index in [9.17, 15) is 19.5 Å². The van der Waals surface area contributed by atoms with Crippen LogP contribution in [0.2, 0.25) is 0 Å². The van der Waals surface area contributed by atoms with Crippen LogP contribution >= 0.6 is 0 Å². The van der Waals surface area contributed by atoms with Crippen LogP contribution in [-0.2, 0) is 23.9 Å². The summed E-state index contributed by atoms with van der Waals surface area (Å²) in [6.07, 6.45) is 4.66. The molecule has 1 saturated heterocycles. The average molecular weight is 362 g/mol. The predicted octanol–water partition coefficient (Wildman–Crippen LogP) is 2.73. The Labute approximate surface area is 153 Å². The zero-order valence-corrected chi connectivity index (χ0v) is 15.7. The smallest absolute Gasteiger partial charge is 0.314 e. The molecule has 1 N–H and O–H groups in total. The van der Waals surface area contributed by atoms with Crippen LogP contribution in [0, 0.1) is 28.6 Å². The first kappa shape index (κ1) is 18.7. The Bertz CT molecular complexity index is 720. The van der Waals surface area contributed by atoms with Gasteiger partial charge in [0.2, 0.25) is 0 Å². The second kappa shape index (κ2) is 5.69. The van der Waals surface area contributed by atoms with Crippen molar-refractivity contribution in [1.82, 2.24) is 0 Å². The van der Waals surface area contributed by atoms with Crippen LogP contribution in [0.5, 0.6) is 0 Å². The Morgan fingerprint density at radius 3 is 2.62 bits per heavy atom. The number of hydrogen-bond donors (Lipinski definition) is 1. The largest absolute Gasteiger partial charge is 0.481 e. The average Bonchev–Trinajstić information content (AvgIpc) is 2.55. The third-order valence-electron chi connectivity index (χ3n) is 6.95. The maximum Gasteiger partial charge on any atom is 0.314 e. The third kappa shape index (κ3) is 2.20. The van der Waals surface area contributed by atoms with Crippen molar-refractivity contribution in [1.29, 1.82) is 0 Å². The molecule has 142 valence electrons. The van der Waals surface area contributed by atoms with Gasteiger partial charge in [0.15, 0.2) is 5.60 Å². The lowest BCUT2D eigenvalue weighted by atomic mass is 9.44. The van der Waals surface area contributed by atoms with Crippen molar-refractivity contribution in [3.8, 4) is 0 Å². The minimum Gasteiger partial charge on any atom is -0.481 e. The second-order valence-electron chi connectivity index (χ2n) is 8.53. The van der Waals surface area contributed by atoms with Crippen LogP contribution < -0.4 is 0 Å². The molecule has 1 spiro atoms. The Hall–Kier alpha value is -2.11. The van der Waals surface area contributed by atoms with E-state index >= 15 is 0 Å². The molecule has 1 saturated carbocycles. The highest BCUT2D eigenvalue weighted by Crippen LogP contribution is 2.66. The molecule has 2 aliphatic carbocycles. The lowest BCUT2D eigenvalue weighted by Crippen LogP contribution is -2.71. The summed E-state index contributed by atoms with van der Waals surface area (Å²) in [6.45, 7) is 9.65. The van der Waals surface area contributed by atoms with E-state index in [4.69, 9.17) is 9.47 Å². The third-order valence-corrected chi connectivity index (χ3v) is 6.95. The van der Waals surface area contributed by atoms with Gasteiger partial charge in [-0.25, -0.2) is 0 Å². The number of aliphatic carboxylic acids is 1. The van der Waals surface area contributed by atoms with Gasteiger partial charge in [0.25, 0.3) is 0 Å². The summed E-state index contributed by atoms with van der Waals surface area (Å²) < 4.78 is 10.7. The molecule has 6 nitrogen and oxygen atoms in total. The predicted molar refractivity (Wildman–Crippen MR) is 93.0 cm³/mol. The van der Waals surface area contributed by atoms with E-state index in [0.29, 0.717) is 18.4 Å². The summed E-state index contributed by atoms with van der Waals surface area (Å²) in [6, 6.07) is 0. The van der Waals surface area contributed by atoms with Crippen LogP contribution in [0.4, 0.5) is 0 Å². The van der Waals surface area contributed by atoms with Crippen LogP contribution in [0.1, 0.15) is 40.0 Å². The molecule has 5 atom stereocenters. The SMILES string of the molecule is C=C[C@@]1(C)CC[C@H]2C(C)(C)[C@@H]3C=C(CC(=O)OC)[C@]2(OC3=O)[C@H]1C(=O)O. The van der Waals surface area contributed by atoms with Crippen LogP contribution in [0.15, 0.2) is 24.3 Å². The lowest BCUT2D eigenvalue weighted by molar-refractivity contribution is -0.235. The van der Waals surface area contributed by atoms with Gasteiger partial charge in [-0.15, -0.1) is 6.58 Å². The Balaban J connectivity index is 2.27. The van der Waals surface area contributed by atoms with Crippen molar-refractivity contribution in [3.63, 3.8) is 0 Å². The molecule has 2 heterocycles. The first-order chi connectivity index (χ1) is 12.0. The minimum atomic E-state index is -1.35. The summed E-state index contributed by atoms with van der Waals surface area (Å²) in [5.41, 5.74) is -2.00. The number of esters is 2. The molecule has 0 aromatic rings. The number of methoxy groups -OCH3 is 1. The normalized spacial score (nSPS) is 40.1. The molecule has 2 fully saturated rings. The Morgan fingerprint density at radius 1 is 1.42 bits per heavy atom. The minimum absolute atomic E-state index is 0.0795. The summed E-state index contributed by atoms with van der Waals surface area (Å²) in [4.78, 5) is 37.1. The summed E-state index contributed by atoms with van der Waals surface area (Å²) in [7, 11) is 1.29. The maximum atomic E-state index is 12.7. The molecule has 6 heteroatoms. The highest BCUT2D eigenvalue weighted by molar-refractivity contribution is 5.85. The van der Waals surface area contributed by atoms with E-state index in [1.807, 2.05) is 20.8 Å². The van der Waals surface area contributed by atoms with Gasteiger partial charge in [-0.1, -0.05) is 32.9 Å². The number of carboxylic acids is 1. The van der Waals surface area contributed by atoms with E-state index in [-0.39, 0.29) is 12.3 Å². The molecule has 0 radical (unpaired) electrons. The Morgan fingerprint density at radius 2 is 2.08 bits per heavy atom. The summed E-state index contributed by atoms with van der Waals surface area (Å²) >= 11 is 0. The van der Waals surface area contributed by atoms with E-state index < -0.39 is 46.2 Å². The number of ether oxygens (including phenoxy) is 2. The number of carbonyl (C=O) groups is 3. The zero-order valence-electron chi connectivity index (χ0n) is 15.7. The van der Waals surface area contributed by atoms with Crippen molar-refractivity contribution in [3.05, 3.63) is 24.3 Å². The van der Waals surface area contributed by atoms with Gasteiger partial charge < -0.3 is 14.6 Å². The zero-order chi connectivity index (χ0) is 19.5. The lowest BCUT2D eigenvalue weighted by Gasteiger charge is -2.64. The molecule has 0 aromatic carbocycles. The molecular weight excluding hydrogens is 336 g/mol. The monoisotopic (exact) mass is 362 g/mol. The van der Waals surface area contributed by atoms with Gasteiger partial charge in [-0.3, -0.25) is 14.4 Å². The fourth-order valence-corrected chi connectivity index (χ4v) is 5.51. The topological polar surface area (TPSA) is 89.9 Å². The van der Waals surface area contributed by atoms with E-state index in [1.165, 1.54) is 7.11 Å². The van der Waals surface area contributed by atoms with E-state index in [0.717, 1.165) is 0 Å². The first-order valence-corrected chi connectivity index (χ1v) is 8.92. The molecule has 0 aromatic heterocycles. The van der Waals surface area contributed by atoms with Crippen molar-refractivity contribution >= 4 is 17.9 Å². The number of carbonyl (C=O) groups excluding carboxylic acids is 2. The van der Waals surface area contributed by atoms with Crippen LogP contribution in [0.25, 0.3) is 0 Å². The number of fused-ring (bicyclic) bond motifs is 1. The van der Waals surface area contributed by atoms with Crippen molar-refractivity contribution in [2.75, 3.05) is 7.11 Å². The maximum absolute atomic E-state index is 12.7. The highest BCUT2D eigenvalue weighted by Gasteiger charge is 2.72. The highest BCUT2D eigenvalue weighted by atomic mass is 16.6. The second-order valence-corrected chi connectivity index (χ2v) is 8.53. The molecule has 0 amide bonds. The standard InChI is InChI=1S/C20H26O6/c1-6-19(4)8-7-13-18(2,3)12-9-11(10-14(21)25-5)20(13,26-17(12)24)15(19)16(22)23/h6,9,12-13,15H,1,7-8,10H2,2-5H3,(H,22,23)/t12-,13+,15+,19+,20-/m1/s1. The molecule has 4 aliphatic rings. The van der Waals surface area contributed by atoms with Gasteiger partial charge in [0.1, 0.15) is 5.92 Å². The molecule has 4 rings (SSSR count). The fraction of sp³-hybridized carbons (Fsp3) is 0.650. The fourth-order valence-electron chi connectivity index (χ4n) is 5.51. The molecular formula is C20H26O6. The summed E-state index contributed by atoms with van der Waals surface area (Å²) in [5.74, 6) is -3.61. The van der Waals surface area contributed by atoms with E-state index in [1.54, 1.807) is 12.2 Å². The van der Waals surface area contributed by atoms with Gasteiger partial charge >= 0.3 is 17.9 Å². The summed E-state index contributed by atoms with van der Waals surface area (Å²) in [5, 5.41) is 10.1. The van der Waals surface area contributed by atoms with Gasteiger partial charge in [0, 0.05) is 11.3 Å². The van der Waals surface area contributed by atoms with Crippen molar-refractivity contribution in [2.45, 2.75) is 45.6 Å². The number of rotatable bonds is 4. The number of hydrogen-bond acceptors (Lipinski definition) is 5. The van der Waals surface area contributed by atoms with Crippen LogP contribution in [0.3, 0.4) is 0 Å². The van der Waals surface area contributed by atoms with Crippen molar-refractivity contribution in [2.24, 2.45) is 28.6 Å².